The Morgan fingerprint density at radius 3 is 2.77 bits per heavy atom. The molecule has 0 saturated heterocycles. The molecule has 72 valence electrons. The highest BCUT2D eigenvalue weighted by atomic mass is 32.2. The molecule has 0 unspecified atom stereocenters. The summed E-state index contributed by atoms with van der Waals surface area (Å²) in [7, 11) is -3.16. The summed E-state index contributed by atoms with van der Waals surface area (Å²) >= 11 is 0. The zero-order valence-electron chi connectivity index (χ0n) is 6.67. The van der Waals surface area contributed by atoms with Crippen molar-refractivity contribution in [3.05, 3.63) is 23.3 Å². The molecule has 0 radical (unpaired) electrons. The number of furan rings is 1. The molecule has 1 aromatic rings. The molecule has 7 heteroatoms. The fourth-order valence-corrected chi connectivity index (χ4v) is 1.36. The van der Waals surface area contributed by atoms with Crippen LogP contribution in [0.5, 0.6) is 0 Å². The van der Waals surface area contributed by atoms with Gasteiger partial charge in [0.1, 0.15) is 11.9 Å². The highest BCUT2D eigenvalue weighted by Crippen LogP contribution is 2.14. The van der Waals surface area contributed by atoms with E-state index >= 15 is 0 Å². The van der Waals surface area contributed by atoms with Crippen LogP contribution in [-0.4, -0.2) is 31.0 Å². The largest absolute Gasteiger partial charge is 0.624 e. The van der Waals surface area contributed by atoms with Gasteiger partial charge in [0.05, 0.1) is 6.26 Å². The van der Waals surface area contributed by atoms with E-state index < -0.39 is 15.0 Å². The van der Waals surface area contributed by atoms with E-state index in [0.717, 1.165) is 25.6 Å². The summed E-state index contributed by atoms with van der Waals surface area (Å²) in [6, 6.07) is 1.06. The lowest BCUT2D eigenvalue weighted by molar-refractivity contribution is -0.417. The van der Waals surface area contributed by atoms with Gasteiger partial charge in [0.25, 0.3) is 10.1 Å². The monoisotopic (exact) mass is 205 g/mol. The molecule has 1 N–H and O–H groups in total. The maximum Gasteiger partial charge on any atom is 0.298 e. The molecular weight excluding hydrogens is 198 g/mol. The van der Waals surface area contributed by atoms with Crippen LogP contribution in [0, 0.1) is 5.21 Å². The molecule has 0 amide bonds. The molecule has 0 fully saturated rings. The molecule has 0 saturated carbocycles. The van der Waals surface area contributed by atoms with E-state index in [-0.39, 0.29) is 5.76 Å². The van der Waals surface area contributed by atoms with Crippen LogP contribution in [0.15, 0.2) is 21.6 Å². The maximum atomic E-state index is 10.7. The van der Waals surface area contributed by atoms with Gasteiger partial charge >= 0.3 is 0 Å². The van der Waals surface area contributed by atoms with Gasteiger partial charge in [-0.25, -0.2) is 4.74 Å². The Hall–Kier alpha value is -1.34. The van der Waals surface area contributed by atoms with Crippen LogP contribution < -0.4 is 0 Å². The minimum atomic E-state index is -4.33. The number of nitrogens with zero attached hydrogens (tertiary/aromatic N) is 1. The zero-order chi connectivity index (χ0) is 10.1. The molecule has 0 atom stereocenters. The van der Waals surface area contributed by atoms with Crippen molar-refractivity contribution < 1.29 is 22.1 Å². The lowest BCUT2D eigenvalue weighted by atomic mass is 10.5. The number of rotatable bonds is 2. The first kappa shape index (κ1) is 9.75. The highest BCUT2D eigenvalue weighted by molar-refractivity contribution is 7.86. The first-order valence-corrected chi connectivity index (χ1v) is 4.65. The van der Waals surface area contributed by atoms with Crippen LogP contribution in [0.4, 0.5) is 0 Å². The fourth-order valence-electron chi connectivity index (χ4n) is 0.782. The van der Waals surface area contributed by atoms with Crippen molar-refractivity contribution >= 4 is 16.3 Å². The average molecular weight is 205 g/mol. The molecule has 0 spiro atoms. The fraction of sp³-hybridized carbons (Fsp3) is 0.167. The predicted octanol–water partition coefficient (Wildman–Crippen LogP) is 0.0853. The Morgan fingerprint density at radius 2 is 2.31 bits per heavy atom. The summed E-state index contributed by atoms with van der Waals surface area (Å²) < 4.78 is 35.0. The molecule has 0 aliphatic rings. The van der Waals surface area contributed by atoms with Crippen molar-refractivity contribution in [3.63, 3.8) is 0 Å². The van der Waals surface area contributed by atoms with Gasteiger partial charge in [-0.1, -0.05) is 0 Å². The third-order valence-corrected chi connectivity index (χ3v) is 2.13. The van der Waals surface area contributed by atoms with Crippen LogP contribution >= 0.6 is 0 Å². The minimum Gasteiger partial charge on any atom is -0.624 e. The second kappa shape index (κ2) is 3.19. The van der Waals surface area contributed by atoms with Crippen LogP contribution in [0.2, 0.25) is 0 Å². The first-order chi connectivity index (χ1) is 5.91. The summed E-state index contributed by atoms with van der Waals surface area (Å²) in [5.41, 5.74) is 0. The van der Waals surface area contributed by atoms with Crippen LogP contribution in [-0.2, 0) is 10.1 Å². The molecule has 6 nitrogen and oxygen atoms in total. The van der Waals surface area contributed by atoms with Crippen molar-refractivity contribution in [1.29, 1.82) is 0 Å². The SMILES string of the molecule is C[N+]([O-])=Cc1occc1S(=O)(=O)O. The van der Waals surface area contributed by atoms with E-state index in [0.29, 0.717) is 4.74 Å². The van der Waals surface area contributed by atoms with Crippen molar-refractivity contribution in [2.45, 2.75) is 4.90 Å². The Bertz CT molecular complexity index is 426. The smallest absolute Gasteiger partial charge is 0.298 e. The molecule has 13 heavy (non-hydrogen) atoms. The van der Waals surface area contributed by atoms with Gasteiger partial charge in [0.2, 0.25) is 12.0 Å². The van der Waals surface area contributed by atoms with E-state index in [1.165, 1.54) is 0 Å². The summed E-state index contributed by atoms with van der Waals surface area (Å²) in [6.45, 7) is 0. The van der Waals surface area contributed by atoms with E-state index in [1.807, 2.05) is 0 Å². The number of hydrogen-bond donors (Lipinski definition) is 1. The average Bonchev–Trinajstić information content (AvgIpc) is 2.31. The lowest BCUT2D eigenvalue weighted by Crippen LogP contribution is -2.03. The topological polar surface area (TPSA) is 93.6 Å². The van der Waals surface area contributed by atoms with E-state index in [9.17, 15) is 13.6 Å². The molecule has 1 heterocycles. The zero-order valence-corrected chi connectivity index (χ0v) is 7.48. The third-order valence-electron chi connectivity index (χ3n) is 1.23. The van der Waals surface area contributed by atoms with Crippen molar-refractivity contribution in [3.8, 4) is 0 Å². The summed E-state index contributed by atoms with van der Waals surface area (Å²) in [4.78, 5) is -0.421. The lowest BCUT2D eigenvalue weighted by Gasteiger charge is -1.94. The van der Waals surface area contributed by atoms with Gasteiger partial charge < -0.3 is 9.62 Å². The highest BCUT2D eigenvalue weighted by Gasteiger charge is 2.18. The van der Waals surface area contributed by atoms with Gasteiger partial charge in [-0.3, -0.25) is 4.55 Å². The molecule has 0 aliphatic heterocycles. The normalized spacial score (nSPS) is 13.2. The number of hydroxylamine groups is 1. The summed E-state index contributed by atoms with van der Waals surface area (Å²) in [6.07, 6.45) is 1.97. The van der Waals surface area contributed by atoms with Crippen LogP contribution in [0.25, 0.3) is 0 Å². The maximum absolute atomic E-state index is 10.7. The van der Waals surface area contributed by atoms with Crippen LogP contribution in [0.3, 0.4) is 0 Å². The van der Waals surface area contributed by atoms with E-state index in [2.05, 4.69) is 4.42 Å². The van der Waals surface area contributed by atoms with Gasteiger partial charge in [-0.15, -0.1) is 0 Å². The van der Waals surface area contributed by atoms with Gasteiger partial charge in [0, 0.05) is 0 Å². The van der Waals surface area contributed by atoms with Crippen molar-refractivity contribution in [2.24, 2.45) is 0 Å². The Labute approximate surface area is 74.4 Å². The predicted molar refractivity (Wildman–Crippen MR) is 43.2 cm³/mol. The summed E-state index contributed by atoms with van der Waals surface area (Å²) in [5.74, 6) is -0.194. The van der Waals surface area contributed by atoms with Crippen LogP contribution in [0.1, 0.15) is 5.76 Å². The van der Waals surface area contributed by atoms with Crippen molar-refractivity contribution in [1.82, 2.24) is 0 Å². The minimum absolute atomic E-state index is 0.194. The molecule has 1 rings (SSSR count). The first-order valence-electron chi connectivity index (χ1n) is 3.21. The van der Waals surface area contributed by atoms with Gasteiger partial charge in [-0.05, 0) is 6.07 Å². The quantitative estimate of drug-likeness (QED) is 0.243. The van der Waals surface area contributed by atoms with Crippen molar-refractivity contribution in [2.75, 3.05) is 7.05 Å². The summed E-state index contributed by atoms with van der Waals surface area (Å²) in [5, 5.41) is 10.5. The standard InChI is InChI=1S/C6H7NO5S/c1-7(8)4-5-6(2-3-12-5)13(9,10)11/h2-4H,1H3,(H,9,10,11). The molecule has 0 aromatic carbocycles. The van der Waals surface area contributed by atoms with E-state index in [1.54, 1.807) is 0 Å². The number of hydrogen-bond acceptors (Lipinski definition) is 4. The van der Waals surface area contributed by atoms with Gasteiger partial charge in [0.15, 0.2) is 0 Å². The third kappa shape index (κ3) is 2.30. The molecule has 0 bridgehead atoms. The van der Waals surface area contributed by atoms with E-state index in [4.69, 9.17) is 4.55 Å². The second-order valence-electron chi connectivity index (χ2n) is 2.30. The second-order valence-corrected chi connectivity index (χ2v) is 3.69. The Morgan fingerprint density at radius 1 is 1.69 bits per heavy atom. The molecular formula is C6H7NO5S. The Kier molecular flexibility index (Phi) is 2.39. The molecule has 0 aliphatic carbocycles. The Balaban J connectivity index is 3.27. The van der Waals surface area contributed by atoms with Gasteiger partial charge in [-0.2, -0.15) is 8.42 Å². The molecule has 1 aromatic heterocycles.